The third-order valence-electron chi connectivity index (χ3n) is 5.92. The van der Waals surface area contributed by atoms with Gasteiger partial charge in [0.2, 0.25) is 5.91 Å². The zero-order chi connectivity index (χ0) is 16.2. The monoisotopic (exact) mass is 336 g/mol. The van der Waals surface area contributed by atoms with Gasteiger partial charge in [-0.15, -0.1) is 5.10 Å². The van der Waals surface area contributed by atoms with Crippen molar-refractivity contribution in [2.45, 2.75) is 61.4 Å². The summed E-state index contributed by atoms with van der Waals surface area (Å²) < 4.78 is 1.44. The second-order valence-electron chi connectivity index (χ2n) is 7.82. The number of nitrogens with one attached hydrogen (secondary N) is 2. The van der Waals surface area contributed by atoms with Crippen LogP contribution < -0.4 is 11.0 Å². The molecule has 4 aliphatic rings. The van der Waals surface area contributed by atoms with E-state index < -0.39 is 0 Å². The summed E-state index contributed by atoms with van der Waals surface area (Å²) in [5.74, 6) is 2.53. The molecule has 2 N–H and O–H groups in total. The molecule has 0 spiro atoms. The fraction of sp³-hybridized carbons (Fsp3) is 0.812. The summed E-state index contributed by atoms with van der Waals surface area (Å²) in [5.41, 5.74) is -0.209. The lowest BCUT2D eigenvalue weighted by atomic mass is 9.53. The van der Waals surface area contributed by atoms with Gasteiger partial charge in [0.1, 0.15) is 0 Å². The lowest BCUT2D eigenvalue weighted by Gasteiger charge is -2.57. The minimum Gasteiger partial charge on any atom is -0.350 e. The maximum absolute atomic E-state index is 12.7. The highest BCUT2D eigenvalue weighted by Gasteiger charge is 2.51. The molecule has 1 unspecified atom stereocenters. The van der Waals surface area contributed by atoms with Crippen LogP contribution in [0.2, 0.25) is 0 Å². The Kier molecular flexibility index (Phi) is 3.59. The molecule has 5 rings (SSSR count). The first kappa shape index (κ1) is 15.3. The average Bonchev–Trinajstić information content (AvgIpc) is 2.77. The zero-order valence-electron chi connectivity index (χ0n) is 13.7. The Hall–Kier alpha value is -1.24. The molecule has 1 amide bonds. The molecule has 4 bridgehead atoms. The molecule has 1 aromatic heterocycles. The Morgan fingerprint density at radius 3 is 2.35 bits per heavy atom. The molecule has 126 valence electrons. The standard InChI is InChI=1S/C16H24N4O2S/c1-9(23-15-19-18-14(22)20(15)2)13(21)17-16-6-10-3-11(7-16)5-12(4-10)8-16/h9-12H,3-8H2,1-2H3,(H,17,21)(H,18,22). The molecule has 1 atom stereocenters. The van der Waals surface area contributed by atoms with Crippen molar-refractivity contribution in [3.8, 4) is 0 Å². The molecule has 0 radical (unpaired) electrons. The molecule has 1 heterocycles. The third-order valence-corrected chi connectivity index (χ3v) is 7.06. The topological polar surface area (TPSA) is 79.8 Å². The van der Waals surface area contributed by atoms with Gasteiger partial charge in [0, 0.05) is 12.6 Å². The van der Waals surface area contributed by atoms with E-state index in [0.717, 1.165) is 37.0 Å². The largest absolute Gasteiger partial charge is 0.350 e. The summed E-state index contributed by atoms with van der Waals surface area (Å²) in [6, 6.07) is 0. The van der Waals surface area contributed by atoms with Crippen LogP contribution >= 0.6 is 11.8 Å². The third kappa shape index (κ3) is 2.73. The predicted molar refractivity (Wildman–Crippen MR) is 88.2 cm³/mol. The number of carbonyl (C=O) groups is 1. The van der Waals surface area contributed by atoms with Gasteiger partial charge in [0.05, 0.1) is 5.25 Å². The minimum absolute atomic E-state index is 0.0398. The number of rotatable bonds is 4. The number of hydrogen-bond acceptors (Lipinski definition) is 4. The van der Waals surface area contributed by atoms with Gasteiger partial charge in [-0.2, -0.15) is 0 Å². The van der Waals surface area contributed by atoms with E-state index in [-0.39, 0.29) is 22.4 Å². The van der Waals surface area contributed by atoms with E-state index in [1.165, 1.54) is 35.6 Å². The Balaban J connectivity index is 1.43. The highest BCUT2D eigenvalue weighted by Crippen LogP contribution is 2.55. The number of carbonyl (C=O) groups excluding carboxylic acids is 1. The van der Waals surface area contributed by atoms with Gasteiger partial charge < -0.3 is 5.32 Å². The normalized spacial score (nSPS) is 36.2. The summed E-state index contributed by atoms with van der Waals surface area (Å²) in [5, 5.41) is 10.1. The first-order chi connectivity index (χ1) is 10.9. The molecule has 0 aromatic carbocycles. The van der Waals surface area contributed by atoms with Crippen molar-refractivity contribution >= 4 is 17.7 Å². The summed E-state index contributed by atoms with van der Waals surface area (Å²) in [6.07, 6.45) is 7.58. The molecule has 4 fully saturated rings. The molecular formula is C16H24N4O2S. The fourth-order valence-corrected chi connectivity index (χ4v) is 6.10. The second kappa shape index (κ2) is 5.40. The fourth-order valence-electron chi connectivity index (χ4n) is 5.28. The van der Waals surface area contributed by atoms with Crippen molar-refractivity contribution in [2.75, 3.05) is 0 Å². The minimum atomic E-state index is -0.253. The van der Waals surface area contributed by atoms with Gasteiger partial charge in [0.15, 0.2) is 5.16 Å². The summed E-state index contributed by atoms with van der Waals surface area (Å²) in [6.45, 7) is 1.89. The number of hydrogen-bond donors (Lipinski definition) is 2. The van der Waals surface area contributed by atoms with E-state index in [4.69, 9.17) is 0 Å². The molecular weight excluding hydrogens is 312 g/mol. The maximum atomic E-state index is 12.7. The summed E-state index contributed by atoms with van der Waals surface area (Å²) >= 11 is 1.34. The molecule has 0 saturated heterocycles. The smallest absolute Gasteiger partial charge is 0.343 e. The van der Waals surface area contributed by atoms with Crippen LogP contribution in [0.5, 0.6) is 0 Å². The van der Waals surface area contributed by atoms with Crippen LogP contribution in [0.1, 0.15) is 45.4 Å². The van der Waals surface area contributed by atoms with Crippen LogP contribution in [0.15, 0.2) is 9.95 Å². The summed E-state index contributed by atoms with van der Waals surface area (Å²) in [4.78, 5) is 24.1. The van der Waals surface area contributed by atoms with Crippen LogP contribution in [0.3, 0.4) is 0 Å². The Labute approximate surface area is 139 Å². The number of amides is 1. The number of H-pyrrole nitrogens is 1. The molecule has 1 aromatic rings. The van der Waals surface area contributed by atoms with Crippen molar-refractivity contribution in [2.24, 2.45) is 24.8 Å². The van der Waals surface area contributed by atoms with E-state index in [2.05, 4.69) is 15.5 Å². The molecule has 0 aliphatic heterocycles. The Morgan fingerprint density at radius 1 is 1.30 bits per heavy atom. The van der Waals surface area contributed by atoms with E-state index in [0.29, 0.717) is 5.16 Å². The number of thioether (sulfide) groups is 1. The average molecular weight is 336 g/mol. The summed E-state index contributed by atoms with van der Waals surface area (Å²) in [7, 11) is 1.66. The van der Waals surface area contributed by atoms with Crippen LogP contribution in [0.4, 0.5) is 0 Å². The van der Waals surface area contributed by atoms with E-state index in [1.54, 1.807) is 7.05 Å². The van der Waals surface area contributed by atoms with Gasteiger partial charge in [-0.3, -0.25) is 9.36 Å². The molecule has 6 nitrogen and oxygen atoms in total. The van der Waals surface area contributed by atoms with Gasteiger partial charge in [0.25, 0.3) is 0 Å². The molecule has 7 heteroatoms. The van der Waals surface area contributed by atoms with Crippen LogP contribution in [-0.4, -0.2) is 31.5 Å². The van der Waals surface area contributed by atoms with E-state index in [9.17, 15) is 9.59 Å². The van der Waals surface area contributed by atoms with E-state index in [1.807, 2.05) is 6.92 Å². The second-order valence-corrected chi connectivity index (χ2v) is 9.13. The molecule has 23 heavy (non-hydrogen) atoms. The molecule has 4 saturated carbocycles. The van der Waals surface area contributed by atoms with Gasteiger partial charge in [-0.25, -0.2) is 9.89 Å². The lowest BCUT2D eigenvalue weighted by Crippen LogP contribution is -2.60. The predicted octanol–water partition coefficient (Wildman–Crippen LogP) is 1.67. The number of aromatic amines is 1. The van der Waals surface area contributed by atoms with Crippen molar-refractivity contribution < 1.29 is 4.79 Å². The van der Waals surface area contributed by atoms with Gasteiger partial charge >= 0.3 is 5.69 Å². The zero-order valence-corrected chi connectivity index (χ0v) is 14.5. The van der Waals surface area contributed by atoms with Crippen molar-refractivity contribution in [1.29, 1.82) is 0 Å². The first-order valence-corrected chi connectivity index (χ1v) is 9.42. The van der Waals surface area contributed by atoms with Gasteiger partial charge in [-0.05, 0) is 63.2 Å². The van der Waals surface area contributed by atoms with Crippen molar-refractivity contribution in [3.05, 3.63) is 10.5 Å². The van der Waals surface area contributed by atoms with Crippen molar-refractivity contribution in [1.82, 2.24) is 20.1 Å². The Morgan fingerprint density at radius 2 is 1.87 bits per heavy atom. The first-order valence-electron chi connectivity index (χ1n) is 8.54. The highest BCUT2D eigenvalue weighted by atomic mass is 32.2. The maximum Gasteiger partial charge on any atom is 0.343 e. The van der Waals surface area contributed by atoms with Crippen LogP contribution in [0, 0.1) is 17.8 Å². The number of aromatic nitrogens is 3. The van der Waals surface area contributed by atoms with Crippen LogP contribution in [0.25, 0.3) is 0 Å². The van der Waals surface area contributed by atoms with Gasteiger partial charge in [-0.1, -0.05) is 11.8 Å². The SMILES string of the molecule is CC(Sc1n[nH]c(=O)n1C)C(=O)NC12CC3CC(CC(C3)C1)C2. The Bertz CT molecular complexity index is 645. The lowest BCUT2D eigenvalue weighted by molar-refractivity contribution is -0.126. The van der Waals surface area contributed by atoms with E-state index >= 15 is 0 Å². The number of nitrogens with zero attached hydrogens (tertiary/aromatic N) is 2. The van der Waals surface area contributed by atoms with Crippen LogP contribution in [-0.2, 0) is 11.8 Å². The quantitative estimate of drug-likeness (QED) is 0.820. The molecule has 4 aliphatic carbocycles. The highest BCUT2D eigenvalue weighted by molar-refractivity contribution is 8.00. The van der Waals surface area contributed by atoms with Crippen molar-refractivity contribution in [3.63, 3.8) is 0 Å².